The molecule has 15 heavy (non-hydrogen) atoms. The second-order valence-electron chi connectivity index (χ2n) is 4.15. The Morgan fingerprint density at radius 3 is 2.87 bits per heavy atom. The van der Waals surface area contributed by atoms with Crippen molar-refractivity contribution in [3.63, 3.8) is 0 Å². The van der Waals surface area contributed by atoms with Crippen molar-refractivity contribution in [3.05, 3.63) is 26.4 Å². The number of rotatable bonds is 5. The minimum atomic E-state index is 0.714. The van der Waals surface area contributed by atoms with Crippen LogP contribution in [0.3, 0.4) is 0 Å². The predicted octanol–water partition coefficient (Wildman–Crippen LogP) is 4.16. The van der Waals surface area contributed by atoms with Gasteiger partial charge in [-0.15, -0.1) is 11.3 Å². The zero-order chi connectivity index (χ0) is 11.3. The highest BCUT2D eigenvalue weighted by atomic mass is 79.9. The van der Waals surface area contributed by atoms with Crippen molar-refractivity contribution in [1.82, 2.24) is 5.32 Å². The van der Waals surface area contributed by atoms with Gasteiger partial charge in [-0.3, -0.25) is 0 Å². The molecule has 84 valence electrons. The van der Waals surface area contributed by atoms with E-state index in [0.29, 0.717) is 5.92 Å². The van der Waals surface area contributed by atoms with Gasteiger partial charge in [-0.25, -0.2) is 0 Å². The van der Waals surface area contributed by atoms with Crippen molar-refractivity contribution in [2.24, 2.45) is 5.92 Å². The monoisotopic (exact) mass is 287 g/mol. The normalized spacial score (nSPS) is 12.5. The number of nitrogens with one attached hydrogen (secondary N) is 1. The molecule has 1 rings (SSSR count). The molecule has 0 spiro atoms. The van der Waals surface area contributed by atoms with Crippen LogP contribution < -0.4 is 5.32 Å². The minimum Gasteiger partial charge on any atom is -0.313 e. The van der Waals surface area contributed by atoms with Crippen LogP contribution in [0.25, 0.3) is 6.08 Å². The standard InChI is InChI=1S/C12H18BrNS/c1-9(2)7-14-8-10(3)6-12-11(13)4-5-15-12/h4-6,9,14H,7-8H2,1-3H3/b10-6+. The van der Waals surface area contributed by atoms with E-state index < -0.39 is 0 Å². The van der Waals surface area contributed by atoms with Gasteiger partial charge >= 0.3 is 0 Å². The Morgan fingerprint density at radius 1 is 1.60 bits per heavy atom. The third-order valence-electron chi connectivity index (χ3n) is 1.98. The largest absolute Gasteiger partial charge is 0.313 e. The average molecular weight is 288 g/mol. The fourth-order valence-corrected chi connectivity index (χ4v) is 2.74. The number of halogens is 1. The third-order valence-corrected chi connectivity index (χ3v) is 3.80. The van der Waals surface area contributed by atoms with Crippen LogP contribution in [0.2, 0.25) is 0 Å². The fraction of sp³-hybridized carbons (Fsp3) is 0.500. The van der Waals surface area contributed by atoms with Crippen molar-refractivity contribution < 1.29 is 0 Å². The Morgan fingerprint density at radius 2 is 2.33 bits per heavy atom. The van der Waals surface area contributed by atoms with Crippen LogP contribution in [0.5, 0.6) is 0 Å². The molecule has 1 aromatic rings. The van der Waals surface area contributed by atoms with Gasteiger partial charge in [0.15, 0.2) is 0 Å². The van der Waals surface area contributed by atoms with Gasteiger partial charge in [-0.2, -0.15) is 0 Å². The molecule has 0 amide bonds. The van der Waals surface area contributed by atoms with Crippen molar-refractivity contribution >= 4 is 33.3 Å². The lowest BCUT2D eigenvalue weighted by atomic mass is 10.2. The molecular formula is C12H18BrNS. The van der Waals surface area contributed by atoms with Crippen LogP contribution in [0.4, 0.5) is 0 Å². The van der Waals surface area contributed by atoms with Crippen LogP contribution in [0.15, 0.2) is 21.5 Å². The second-order valence-corrected chi connectivity index (χ2v) is 5.95. The summed E-state index contributed by atoms with van der Waals surface area (Å²) in [5, 5.41) is 5.54. The molecule has 0 fully saturated rings. The molecule has 1 N–H and O–H groups in total. The van der Waals surface area contributed by atoms with E-state index in [4.69, 9.17) is 0 Å². The molecule has 1 nitrogen and oxygen atoms in total. The lowest BCUT2D eigenvalue weighted by Crippen LogP contribution is -2.21. The van der Waals surface area contributed by atoms with Gasteiger partial charge in [0.2, 0.25) is 0 Å². The first kappa shape index (κ1) is 12.9. The number of hydrogen-bond acceptors (Lipinski definition) is 2. The second kappa shape index (κ2) is 6.46. The third kappa shape index (κ3) is 4.96. The Kier molecular flexibility index (Phi) is 5.58. The highest BCUT2D eigenvalue weighted by Crippen LogP contribution is 2.24. The summed E-state index contributed by atoms with van der Waals surface area (Å²) in [5.74, 6) is 0.714. The molecule has 3 heteroatoms. The Balaban J connectivity index is 2.43. The maximum Gasteiger partial charge on any atom is 0.0412 e. The Hall–Kier alpha value is -0.120. The molecule has 0 aliphatic heterocycles. The molecule has 0 bridgehead atoms. The lowest BCUT2D eigenvalue weighted by molar-refractivity contribution is 0.572. The Labute approximate surface area is 105 Å². The van der Waals surface area contributed by atoms with Crippen LogP contribution in [0, 0.1) is 5.92 Å². The number of thiophene rings is 1. The fourth-order valence-electron chi connectivity index (χ4n) is 1.24. The molecule has 0 radical (unpaired) electrons. The maximum absolute atomic E-state index is 3.53. The van der Waals surface area contributed by atoms with Crippen molar-refractivity contribution in [3.8, 4) is 0 Å². The van der Waals surface area contributed by atoms with E-state index in [2.05, 4.69) is 59.5 Å². The first-order valence-electron chi connectivity index (χ1n) is 5.20. The molecular weight excluding hydrogens is 270 g/mol. The van der Waals surface area contributed by atoms with E-state index in [1.54, 1.807) is 11.3 Å². The summed E-state index contributed by atoms with van der Waals surface area (Å²) in [6, 6.07) is 2.09. The van der Waals surface area contributed by atoms with E-state index in [1.807, 2.05) is 0 Å². The molecule has 1 heterocycles. The summed E-state index contributed by atoms with van der Waals surface area (Å²) in [4.78, 5) is 1.30. The van der Waals surface area contributed by atoms with Crippen LogP contribution >= 0.6 is 27.3 Å². The first-order chi connectivity index (χ1) is 7.09. The van der Waals surface area contributed by atoms with E-state index in [9.17, 15) is 0 Å². The quantitative estimate of drug-likeness (QED) is 0.858. The molecule has 0 unspecified atom stereocenters. The SMILES string of the molecule is C/C(=C\c1sccc1Br)CNCC(C)C. The van der Waals surface area contributed by atoms with Gasteiger partial charge in [0.05, 0.1) is 0 Å². The van der Waals surface area contributed by atoms with E-state index in [0.717, 1.165) is 13.1 Å². The van der Waals surface area contributed by atoms with Crippen LogP contribution in [0.1, 0.15) is 25.6 Å². The molecule has 1 aromatic heterocycles. The summed E-state index contributed by atoms with van der Waals surface area (Å²) in [6.07, 6.45) is 2.24. The number of hydrogen-bond donors (Lipinski definition) is 1. The maximum atomic E-state index is 3.53. The average Bonchev–Trinajstić information content (AvgIpc) is 2.51. The summed E-state index contributed by atoms with van der Waals surface area (Å²) in [7, 11) is 0. The smallest absolute Gasteiger partial charge is 0.0412 e. The summed E-state index contributed by atoms with van der Waals surface area (Å²) in [5.41, 5.74) is 1.37. The highest BCUT2D eigenvalue weighted by Gasteiger charge is 1.99. The van der Waals surface area contributed by atoms with Gasteiger partial charge in [-0.1, -0.05) is 19.4 Å². The molecule has 0 saturated heterocycles. The highest BCUT2D eigenvalue weighted by molar-refractivity contribution is 9.10. The van der Waals surface area contributed by atoms with E-state index in [1.165, 1.54) is 14.9 Å². The van der Waals surface area contributed by atoms with Gasteiger partial charge in [0.1, 0.15) is 0 Å². The van der Waals surface area contributed by atoms with Crippen molar-refractivity contribution in [1.29, 1.82) is 0 Å². The lowest BCUT2D eigenvalue weighted by Gasteiger charge is -2.07. The zero-order valence-corrected chi connectivity index (χ0v) is 11.9. The molecule has 0 aromatic carbocycles. The summed E-state index contributed by atoms with van der Waals surface area (Å²) < 4.78 is 1.19. The van der Waals surface area contributed by atoms with E-state index >= 15 is 0 Å². The van der Waals surface area contributed by atoms with Crippen LogP contribution in [-0.2, 0) is 0 Å². The summed E-state index contributed by atoms with van der Waals surface area (Å²) in [6.45, 7) is 8.67. The predicted molar refractivity (Wildman–Crippen MR) is 73.4 cm³/mol. The van der Waals surface area contributed by atoms with Gasteiger partial charge in [0, 0.05) is 15.9 Å². The molecule has 0 atom stereocenters. The van der Waals surface area contributed by atoms with Gasteiger partial charge in [-0.05, 0) is 52.8 Å². The Bertz CT molecular complexity index is 328. The first-order valence-corrected chi connectivity index (χ1v) is 6.87. The van der Waals surface area contributed by atoms with Gasteiger partial charge in [0.25, 0.3) is 0 Å². The molecule has 0 saturated carbocycles. The topological polar surface area (TPSA) is 12.0 Å². The van der Waals surface area contributed by atoms with Crippen LogP contribution in [-0.4, -0.2) is 13.1 Å². The van der Waals surface area contributed by atoms with Crippen molar-refractivity contribution in [2.45, 2.75) is 20.8 Å². The molecule has 0 aliphatic carbocycles. The molecule has 0 aliphatic rings. The minimum absolute atomic E-state index is 0.714. The summed E-state index contributed by atoms with van der Waals surface area (Å²) >= 11 is 5.30. The van der Waals surface area contributed by atoms with E-state index in [-0.39, 0.29) is 0 Å². The zero-order valence-electron chi connectivity index (χ0n) is 9.51. The van der Waals surface area contributed by atoms with Crippen molar-refractivity contribution in [2.75, 3.05) is 13.1 Å². The van der Waals surface area contributed by atoms with Gasteiger partial charge < -0.3 is 5.32 Å².